The lowest BCUT2D eigenvalue weighted by atomic mass is 10.1. The van der Waals surface area contributed by atoms with Crippen LogP contribution in [0.2, 0.25) is 0 Å². The van der Waals surface area contributed by atoms with Crippen molar-refractivity contribution < 1.29 is 4.79 Å². The van der Waals surface area contributed by atoms with E-state index < -0.39 is 0 Å². The van der Waals surface area contributed by atoms with Gasteiger partial charge in [-0.3, -0.25) is 4.79 Å². The molecule has 3 aromatic rings. The molecule has 0 aliphatic heterocycles. The number of anilines is 4. The highest BCUT2D eigenvalue weighted by Crippen LogP contribution is 2.20. The number of aromatic nitrogens is 3. The third-order valence-electron chi connectivity index (χ3n) is 3.66. The van der Waals surface area contributed by atoms with E-state index in [9.17, 15) is 4.79 Å². The van der Waals surface area contributed by atoms with E-state index in [0.29, 0.717) is 17.5 Å². The van der Waals surface area contributed by atoms with Gasteiger partial charge in [0, 0.05) is 18.3 Å². The van der Waals surface area contributed by atoms with Gasteiger partial charge in [-0.2, -0.15) is 10.1 Å². The van der Waals surface area contributed by atoms with Crippen LogP contribution in [-0.4, -0.2) is 21.1 Å². The Hall–Kier alpha value is -3.48. The van der Waals surface area contributed by atoms with E-state index in [2.05, 4.69) is 31.1 Å². The van der Waals surface area contributed by atoms with Crippen LogP contribution in [0.5, 0.6) is 0 Å². The fourth-order valence-corrected chi connectivity index (χ4v) is 2.47. The average Bonchev–Trinajstić information content (AvgIpc) is 2.62. The molecule has 2 aromatic carbocycles. The Bertz CT molecular complexity index is 884. The summed E-state index contributed by atoms with van der Waals surface area (Å²) in [6.45, 7) is 3.51. The van der Waals surface area contributed by atoms with E-state index in [0.717, 1.165) is 11.3 Å². The molecule has 1 unspecified atom stereocenters. The summed E-state index contributed by atoms with van der Waals surface area (Å²) >= 11 is 0. The van der Waals surface area contributed by atoms with Crippen LogP contribution in [0.1, 0.15) is 25.5 Å². The summed E-state index contributed by atoms with van der Waals surface area (Å²) in [6.07, 6.45) is 1.55. The quantitative estimate of drug-likeness (QED) is 0.628. The van der Waals surface area contributed by atoms with Crippen molar-refractivity contribution in [1.29, 1.82) is 0 Å². The standard InChI is InChI=1S/C19H20N6O/c1-13(15-7-4-3-5-8-15)21-19-24-18(12-20-25-19)23-17-10-6-9-16(11-17)22-14(2)26/h3-13H,1-2H3,(H,22,26)(H2,21,23,24,25). The van der Waals surface area contributed by atoms with Gasteiger partial charge in [-0.25, -0.2) is 0 Å². The number of benzene rings is 2. The van der Waals surface area contributed by atoms with Crippen molar-refractivity contribution in [2.45, 2.75) is 19.9 Å². The predicted octanol–water partition coefficient (Wildman–Crippen LogP) is 3.75. The molecule has 3 rings (SSSR count). The van der Waals surface area contributed by atoms with E-state index in [1.165, 1.54) is 6.92 Å². The molecule has 0 spiro atoms. The van der Waals surface area contributed by atoms with Gasteiger partial charge < -0.3 is 16.0 Å². The van der Waals surface area contributed by atoms with Gasteiger partial charge in [-0.05, 0) is 30.7 Å². The maximum atomic E-state index is 11.2. The van der Waals surface area contributed by atoms with E-state index in [1.54, 1.807) is 6.20 Å². The number of rotatable bonds is 6. The topological polar surface area (TPSA) is 91.8 Å². The minimum Gasteiger partial charge on any atom is -0.346 e. The first kappa shape index (κ1) is 17.3. The number of carbonyl (C=O) groups excluding carboxylic acids is 1. The van der Waals surface area contributed by atoms with Crippen LogP contribution < -0.4 is 16.0 Å². The molecule has 1 atom stereocenters. The van der Waals surface area contributed by atoms with Crippen molar-refractivity contribution >= 4 is 29.0 Å². The first-order chi connectivity index (χ1) is 12.6. The fraction of sp³-hybridized carbons (Fsp3) is 0.158. The van der Waals surface area contributed by atoms with Crippen LogP contribution >= 0.6 is 0 Å². The fourth-order valence-electron chi connectivity index (χ4n) is 2.47. The number of hydrogen-bond acceptors (Lipinski definition) is 6. The maximum absolute atomic E-state index is 11.2. The second-order valence-electron chi connectivity index (χ2n) is 5.83. The second-order valence-corrected chi connectivity index (χ2v) is 5.83. The van der Waals surface area contributed by atoms with E-state index >= 15 is 0 Å². The zero-order chi connectivity index (χ0) is 18.4. The average molecular weight is 348 g/mol. The summed E-state index contributed by atoms with van der Waals surface area (Å²) in [5, 5.41) is 17.2. The molecule has 1 heterocycles. The number of hydrogen-bond donors (Lipinski definition) is 3. The van der Waals surface area contributed by atoms with E-state index in [1.807, 2.05) is 61.5 Å². The molecule has 0 saturated heterocycles. The van der Waals surface area contributed by atoms with Crippen LogP contribution in [0.3, 0.4) is 0 Å². The highest BCUT2D eigenvalue weighted by Gasteiger charge is 2.08. The highest BCUT2D eigenvalue weighted by molar-refractivity contribution is 5.89. The van der Waals surface area contributed by atoms with Crippen molar-refractivity contribution in [3.63, 3.8) is 0 Å². The first-order valence-electron chi connectivity index (χ1n) is 8.26. The summed E-state index contributed by atoms with van der Waals surface area (Å²) in [5.41, 5.74) is 2.64. The number of amides is 1. The van der Waals surface area contributed by atoms with Crippen molar-refractivity contribution in [1.82, 2.24) is 15.2 Å². The van der Waals surface area contributed by atoms with Crippen molar-refractivity contribution in [3.8, 4) is 0 Å². The maximum Gasteiger partial charge on any atom is 0.245 e. The molecular formula is C19H20N6O. The Morgan fingerprint density at radius 2 is 1.81 bits per heavy atom. The largest absolute Gasteiger partial charge is 0.346 e. The van der Waals surface area contributed by atoms with Gasteiger partial charge in [0.2, 0.25) is 11.9 Å². The lowest BCUT2D eigenvalue weighted by Gasteiger charge is -2.14. The van der Waals surface area contributed by atoms with E-state index in [-0.39, 0.29) is 11.9 Å². The summed E-state index contributed by atoms with van der Waals surface area (Å²) in [6, 6.07) is 17.5. The Labute approximate surface area is 151 Å². The minimum atomic E-state index is -0.118. The molecule has 7 heteroatoms. The zero-order valence-electron chi connectivity index (χ0n) is 14.6. The van der Waals surface area contributed by atoms with Crippen molar-refractivity contribution in [2.24, 2.45) is 0 Å². The molecular weight excluding hydrogens is 328 g/mol. The lowest BCUT2D eigenvalue weighted by molar-refractivity contribution is -0.114. The number of nitrogens with one attached hydrogen (secondary N) is 3. The highest BCUT2D eigenvalue weighted by atomic mass is 16.1. The minimum absolute atomic E-state index is 0.0522. The monoisotopic (exact) mass is 348 g/mol. The number of carbonyl (C=O) groups is 1. The molecule has 0 saturated carbocycles. The molecule has 1 aromatic heterocycles. The summed E-state index contributed by atoms with van der Waals surface area (Å²) in [4.78, 5) is 15.6. The predicted molar refractivity (Wildman–Crippen MR) is 102 cm³/mol. The van der Waals surface area contributed by atoms with Gasteiger partial charge in [-0.1, -0.05) is 36.4 Å². The summed E-state index contributed by atoms with van der Waals surface area (Å²) in [7, 11) is 0. The molecule has 0 radical (unpaired) electrons. The van der Waals surface area contributed by atoms with Gasteiger partial charge in [-0.15, -0.1) is 5.10 Å². The molecule has 7 nitrogen and oxygen atoms in total. The van der Waals surface area contributed by atoms with Crippen molar-refractivity contribution in [2.75, 3.05) is 16.0 Å². The number of nitrogens with zero attached hydrogens (tertiary/aromatic N) is 3. The Balaban J connectivity index is 1.70. The lowest BCUT2D eigenvalue weighted by Crippen LogP contribution is -2.11. The molecule has 1 amide bonds. The Morgan fingerprint density at radius 3 is 2.58 bits per heavy atom. The van der Waals surface area contributed by atoms with Crippen LogP contribution in [0.15, 0.2) is 60.8 Å². The normalized spacial score (nSPS) is 11.5. The van der Waals surface area contributed by atoms with Gasteiger partial charge in [0.05, 0.1) is 12.2 Å². The van der Waals surface area contributed by atoms with Gasteiger partial charge in [0.15, 0.2) is 5.82 Å². The molecule has 26 heavy (non-hydrogen) atoms. The Morgan fingerprint density at radius 1 is 1.04 bits per heavy atom. The third kappa shape index (κ3) is 4.76. The van der Waals surface area contributed by atoms with Gasteiger partial charge >= 0.3 is 0 Å². The summed E-state index contributed by atoms with van der Waals surface area (Å²) in [5.74, 6) is 0.874. The smallest absolute Gasteiger partial charge is 0.245 e. The molecule has 3 N–H and O–H groups in total. The van der Waals surface area contributed by atoms with Crippen LogP contribution in [0, 0.1) is 0 Å². The molecule has 132 valence electrons. The molecule has 0 aliphatic rings. The summed E-state index contributed by atoms with van der Waals surface area (Å²) < 4.78 is 0. The van der Waals surface area contributed by atoms with Gasteiger partial charge in [0.1, 0.15) is 0 Å². The molecule has 0 aliphatic carbocycles. The van der Waals surface area contributed by atoms with Crippen LogP contribution in [-0.2, 0) is 4.79 Å². The SMILES string of the molecule is CC(=O)Nc1cccc(Nc2cnnc(NC(C)c3ccccc3)n2)c1. The van der Waals surface area contributed by atoms with Crippen LogP contribution in [0.4, 0.5) is 23.1 Å². The third-order valence-corrected chi connectivity index (χ3v) is 3.66. The first-order valence-corrected chi connectivity index (χ1v) is 8.26. The molecule has 0 fully saturated rings. The van der Waals surface area contributed by atoms with Gasteiger partial charge in [0.25, 0.3) is 0 Å². The van der Waals surface area contributed by atoms with E-state index in [4.69, 9.17) is 0 Å². The Kier molecular flexibility index (Phi) is 5.38. The van der Waals surface area contributed by atoms with Crippen LogP contribution in [0.25, 0.3) is 0 Å². The zero-order valence-corrected chi connectivity index (χ0v) is 14.6. The van der Waals surface area contributed by atoms with Crippen molar-refractivity contribution in [3.05, 3.63) is 66.4 Å². The second kappa shape index (κ2) is 8.06. The molecule has 0 bridgehead atoms.